The van der Waals surface area contributed by atoms with Gasteiger partial charge >= 0.3 is 12.1 Å². The van der Waals surface area contributed by atoms with Gasteiger partial charge in [0.05, 0.1) is 12.1 Å². The van der Waals surface area contributed by atoms with Crippen molar-refractivity contribution >= 4 is 34.8 Å². The van der Waals surface area contributed by atoms with E-state index in [-0.39, 0.29) is 29.6 Å². The Balaban J connectivity index is 1.47. The summed E-state index contributed by atoms with van der Waals surface area (Å²) in [5, 5.41) is 13.2. The average molecular weight is 640 g/mol. The number of rotatable bonds is 8. The number of nitrogens with two attached hydrogens (primary N) is 1. The first-order valence-electron chi connectivity index (χ1n) is 15.5. The summed E-state index contributed by atoms with van der Waals surface area (Å²) in [6, 6.07) is 9.52. The number of carbonyl (C=O) groups is 4. The van der Waals surface area contributed by atoms with Gasteiger partial charge in [0, 0.05) is 22.8 Å². The van der Waals surface area contributed by atoms with Crippen molar-refractivity contribution in [2.24, 2.45) is 17.6 Å². The van der Waals surface area contributed by atoms with E-state index < -0.39 is 66.0 Å². The van der Waals surface area contributed by atoms with E-state index in [1.807, 2.05) is 0 Å². The SMILES string of the molecule is CC(C)(C)OC(=O)NC(CF)[C@H]1CC[C@H](C(=O)N2C(c3c(C(=O)O)oc4ccccc34)C[C@@H](c3ccc(F)cc3)[C@H]2C(N)=O)CC1. The molecule has 3 aromatic rings. The highest BCUT2D eigenvalue weighted by Gasteiger charge is 2.51. The van der Waals surface area contributed by atoms with Crippen molar-refractivity contribution in [2.75, 3.05) is 6.67 Å². The first-order valence-corrected chi connectivity index (χ1v) is 15.5. The van der Waals surface area contributed by atoms with Crippen molar-refractivity contribution in [3.8, 4) is 0 Å². The van der Waals surface area contributed by atoms with Crippen molar-refractivity contribution < 1.29 is 42.2 Å². The molecule has 12 heteroatoms. The molecular formula is C34H39F2N3O7. The minimum absolute atomic E-state index is 0.147. The molecule has 1 aliphatic heterocycles. The molecule has 2 aromatic carbocycles. The number of alkyl carbamates (subject to hydrolysis) is 1. The molecule has 1 aromatic heterocycles. The van der Waals surface area contributed by atoms with E-state index in [1.54, 1.807) is 45.0 Å². The highest BCUT2D eigenvalue weighted by molar-refractivity contribution is 5.97. The van der Waals surface area contributed by atoms with Gasteiger partial charge in [0.1, 0.15) is 29.7 Å². The molecule has 4 atom stereocenters. The lowest BCUT2D eigenvalue weighted by molar-refractivity contribution is -0.144. The molecular weight excluding hydrogens is 600 g/mol. The molecule has 0 radical (unpaired) electrons. The molecule has 0 bridgehead atoms. The van der Waals surface area contributed by atoms with Gasteiger partial charge in [-0.1, -0.05) is 30.3 Å². The van der Waals surface area contributed by atoms with Gasteiger partial charge < -0.3 is 30.2 Å². The van der Waals surface area contributed by atoms with Gasteiger partial charge in [-0.25, -0.2) is 18.4 Å². The number of halogens is 2. The maximum atomic E-state index is 14.5. The summed E-state index contributed by atoms with van der Waals surface area (Å²) < 4.78 is 38.9. The lowest BCUT2D eigenvalue weighted by Crippen LogP contribution is -2.50. The number of likely N-dealkylation sites (tertiary alicyclic amines) is 1. The van der Waals surface area contributed by atoms with Crippen LogP contribution in [0.4, 0.5) is 13.6 Å². The number of nitrogens with one attached hydrogen (secondary N) is 1. The van der Waals surface area contributed by atoms with Crippen LogP contribution in [0.25, 0.3) is 11.0 Å². The van der Waals surface area contributed by atoms with Gasteiger partial charge in [0.15, 0.2) is 0 Å². The fourth-order valence-electron chi connectivity index (χ4n) is 7.06. The summed E-state index contributed by atoms with van der Waals surface area (Å²) in [5.41, 5.74) is 6.39. The molecule has 2 fully saturated rings. The van der Waals surface area contributed by atoms with Crippen molar-refractivity contribution in [2.45, 2.75) is 82.5 Å². The molecule has 2 unspecified atom stereocenters. The quantitative estimate of drug-likeness (QED) is 0.280. The van der Waals surface area contributed by atoms with Gasteiger partial charge in [-0.2, -0.15) is 0 Å². The molecule has 10 nitrogen and oxygen atoms in total. The number of ether oxygens (including phenoxy) is 1. The second-order valence-corrected chi connectivity index (χ2v) is 13.2. The van der Waals surface area contributed by atoms with Crippen LogP contribution in [0, 0.1) is 17.7 Å². The number of hydrogen-bond donors (Lipinski definition) is 3. The Labute approximate surface area is 265 Å². The first-order chi connectivity index (χ1) is 21.8. The van der Waals surface area contributed by atoms with Gasteiger partial charge in [-0.3, -0.25) is 9.59 Å². The highest BCUT2D eigenvalue weighted by atomic mass is 19.1. The van der Waals surface area contributed by atoms with Crippen LogP contribution in [0.3, 0.4) is 0 Å². The Morgan fingerprint density at radius 3 is 2.30 bits per heavy atom. The van der Waals surface area contributed by atoms with E-state index in [1.165, 1.54) is 29.2 Å². The smallest absolute Gasteiger partial charge is 0.407 e. The highest BCUT2D eigenvalue weighted by Crippen LogP contribution is 2.50. The van der Waals surface area contributed by atoms with Crippen LogP contribution in [0.1, 0.15) is 86.5 Å². The number of amides is 3. The number of carboxylic acids is 1. The van der Waals surface area contributed by atoms with Gasteiger partial charge in [0.2, 0.25) is 17.6 Å². The summed E-state index contributed by atoms with van der Waals surface area (Å²) in [6.45, 7) is 4.34. The molecule has 4 N–H and O–H groups in total. The third kappa shape index (κ3) is 6.70. The Hall–Kier alpha value is -4.48. The summed E-state index contributed by atoms with van der Waals surface area (Å²) in [4.78, 5) is 53.8. The molecule has 5 rings (SSSR count). The number of carbonyl (C=O) groups excluding carboxylic acids is 3. The number of para-hydroxylation sites is 1. The zero-order valence-electron chi connectivity index (χ0n) is 26.0. The maximum Gasteiger partial charge on any atom is 0.407 e. The fraction of sp³-hybridized carbons (Fsp3) is 0.471. The van der Waals surface area contributed by atoms with Crippen molar-refractivity contribution in [1.82, 2.24) is 10.2 Å². The van der Waals surface area contributed by atoms with Crippen LogP contribution in [0.15, 0.2) is 52.9 Å². The number of primary amides is 1. The van der Waals surface area contributed by atoms with Crippen LogP contribution < -0.4 is 11.1 Å². The first kappa shape index (κ1) is 32.9. The molecule has 1 saturated carbocycles. The summed E-state index contributed by atoms with van der Waals surface area (Å²) >= 11 is 0. The van der Waals surface area contributed by atoms with E-state index in [0.29, 0.717) is 42.2 Å². The van der Waals surface area contributed by atoms with Crippen molar-refractivity contribution in [3.63, 3.8) is 0 Å². The lowest BCUT2D eigenvalue weighted by Gasteiger charge is -2.37. The van der Waals surface area contributed by atoms with Crippen LogP contribution in [0.2, 0.25) is 0 Å². The summed E-state index contributed by atoms with van der Waals surface area (Å²) in [7, 11) is 0. The van der Waals surface area contributed by atoms with Crippen LogP contribution in [-0.4, -0.2) is 58.2 Å². The van der Waals surface area contributed by atoms with E-state index in [9.17, 15) is 33.1 Å². The monoisotopic (exact) mass is 639 g/mol. The summed E-state index contributed by atoms with van der Waals surface area (Å²) in [5.74, 6) is -4.75. The molecule has 3 amide bonds. The molecule has 46 heavy (non-hydrogen) atoms. The number of alkyl halides is 1. The zero-order valence-corrected chi connectivity index (χ0v) is 26.0. The number of hydrogen-bond acceptors (Lipinski definition) is 6. The van der Waals surface area contributed by atoms with Crippen LogP contribution in [-0.2, 0) is 14.3 Å². The van der Waals surface area contributed by atoms with Crippen LogP contribution >= 0.6 is 0 Å². The molecule has 2 aliphatic rings. The number of benzene rings is 2. The second kappa shape index (κ2) is 13.1. The molecule has 1 saturated heterocycles. The fourth-order valence-corrected chi connectivity index (χ4v) is 7.06. The van der Waals surface area contributed by atoms with Gasteiger partial charge in [-0.05, 0) is 82.6 Å². The number of furan rings is 1. The van der Waals surface area contributed by atoms with E-state index >= 15 is 0 Å². The maximum absolute atomic E-state index is 14.5. The summed E-state index contributed by atoms with van der Waals surface area (Å²) in [6.07, 6.45) is 0.987. The molecule has 2 heterocycles. The van der Waals surface area contributed by atoms with E-state index in [2.05, 4.69) is 5.32 Å². The predicted octanol–water partition coefficient (Wildman–Crippen LogP) is 5.85. The molecule has 246 valence electrons. The Kier molecular flexibility index (Phi) is 9.37. The largest absolute Gasteiger partial charge is 0.475 e. The Morgan fingerprint density at radius 2 is 1.72 bits per heavy atom. The number of aromatic carboxylic acids is 1. The lowest BCUT2D eigenvalue weighted by atomic mass is 9.78. The van der Waals surface area contributed by atoms with E-state index in [4.69, 9.17) is 14.9 Å². The second-order valence-electron chi connectivity index (χ2n) is 13.2. The standard InChI is InChI=1S/C34H39F2N3O7/c1-34(2,3)46-33(44)38-24(17-35)19-8-10-20(11-9-19)31(41)39-25(27-22-6-4-5-7-26(22)45-29(27)32(42)43)16-23(28(39)30(37)40)18-12-14-21(36)15-13-18/h4-7,12-15,19-20,23-25,28H,8-11,16-17H2,1-3H3,(H2,37,40)(H,38,44)(H,42,43)/t19-,20-,23-,24?,25?,28-/m0/s1. The molecule has 1 aliphatic carbocycles. The van der Waals surface area contributed by atoms with Gasteiger partial charge in [0.25, 0.3) is 0 Å². The third-order valence-corrected chi connectivity index (χ3v) is 9.06. The number of carboxylic acid groups (broad SMARTS) is 1. The number of fused-ring (bicyclic) bond motifs is 1. The predicted molar refractivity (Wildman–Crippen MR) is 164 cm³/mol. The number of nitrogens with zero attached hydrogens (tertiary/aromatic N) is 1. The zero-order chi connectivity index (χ0) is 33.3. The average Bonchev–Trinajstić information content (AvgIpc) is 3.58. The minimum Gasteiger partial charge on any atom is -0.475 e. The third-order valence-electron chi connectivity index (χ3n) is 9.06. The van der Waals surface area contributed by atoms with Gasteiger partial charge in [-0.15, -0.1) is 0 Å². The van der Waals surface area contributed by atoms with Crippen molar-refractivity contribution in [3.05, 3.63) is 71.2 Å². The Morgan fingerprint density at radius 1 is 1.07 bits per heavy atom. The van der Waals surface area contributed by atoms with Crippen LogP contribution in [0.5, 0.6) is 0 Å². The normalized spacial score (nSPS) is 24.0. The Bertz CT molecular complexity index is 1610. The van der Waals surface area contributed by atoms with Crippen molar-refractivity contribution in [1.29, 1.82) is 0 Å². The van der Waals surface area contributed by atoms with E-state index in [0.717, 1.165) is 0 Å². The molecule has 0 spiro atoms. The topological polar surface area (TPSA) is 152 Å². The minimum atomic E-state index is -1.32.